The van der Waals surface area contributed by atoms with E-state index in [0.29, 0.717) is 0 Å². The van der Waals surface area contributed by atoms with E-state index in [1.165, 1.54) is 19.4 Å². The van der Waals surface area contributed by atoms with E-state index < -0.39 is 17.7 Å². The van der Waals surface area contributed by atoms with E-state index in [1.807, 2.05) is 44.3 Å². The van der Waals surface area contributed by atoms with Crippen LogP contribution >= 0.6 is 0 Å². The minimum Gasteiger partial charge on any atom is -0.387 e. The number of benzene rings is 1. The molecule has 0 bridgehead atoms. The molecule has 166 valence electrons. The van der Waals surface area contributed by atoms with Crippen molar-refractivity contribution in [3.05, 3.63) is 53.3 Å². The Morgan fingerprint density at radius 1 is 1.23 bits per heavy atom. The maximum Gasteiger partial charge on any atom is 0.227 e. The summed E-state index contributed by atoms with van der Waals surface area (Å²) in [5.74, 6) is -0.437. The van der Waals surface area contributed by atoms with Crippen LogP contribution in [0.3, 0.4) is 0 Å². The lowest BCUT2D eigenvalue weighted by Crippen LogP contribution is -2.43. The highest BCUT2D eigenvalue weighted by Crippen LogP contribution is 2.37. The zero-order chi connectivity index (χ0) is 22.9. The number of rotatable bonds is 7. The summed E-state index contributed by atoms with van der Waals surface area (Å²) in [6.07, 6.45) is 0.277. The highest BCUT2D eigenvalue weighted by Gasteiger charge is 2.28. The number of hydrogen-bond acceptors (Lipinski definition) is 3. The molecule has 3 N–H and O–H groups in total. The summed E-state index contributed by atoms with van der Waals surface area (Å²) in [5.41, 5.74) is 4.68. The number of pyridine rings is 1. The first-order valence-electron chi connectivity index (χ1n) is 10.7. The lowest BCUT2D eigenvalue weighted by Gasteiger charge is -2.23. The molecule has 0 radical (unpaired) electrons. The standard InChI is InChI=1S/C25H32FN3O2/c1-14(2)22-19-12-17(16(4)24(30)28-13-21(26)25(5,6)31)7-8-20(19)29-23(22)18-9-10-27-15(3)11-18/h7-12,14,16,21,29,31H,13H2,1-6H3,(H,28,30). The summed E-state index contributed by atoms with van der Waals surface area (Å²) >= 11 is 0. The Morgan fingerprint density at radius 3 is 2.55 bits per heavy atom. The second-order valence-electron chi connectivity index (χ2n) is 9.15. The number of H-pyrrole nitrogens is 1. The van der Waals surface area contributed by atoms with E-state index in [1.54, 1.807) is 0 Å². The second kappa shape index (κ2) is 8.79. The highest BCUT2D eigenvalue weighted by atomic mass is 19.1. The lowest BCUT2D eigenvalue weighted by atomic mass is 9.93. The molecule has 3 aromatic rings. The van der Waals surface area contributed by atoms with E-state index in [0.717, 1.165) is 33.4 Å². The summed E-state index contributed by atoms with van der Waals surface area (Å²) in [4.78, 5) is 20.4. The first-order valence-corrected chi connectivity index (χ1v) is 10.7. The van der Waals surface area contributed by atoms with Gasteiger partial charge in [-0.1, -0.05) is 19.9 Å². The van der Waals surface area contributed by atoms with Gasteiger partial charge in [-0.15, -0.1) is 0 Å². The van der Waals surface area contributed by atoms with Crippen LogP contribution in [0.1, 0.15) is 63.3 Å². The molecule has 2 heterocycles. The van der Waals surface area contributed by atoms with Crippen LogP contribution in [0.15, 0.2) is 36.5 Å². The van der Waals surface area contributed by atoms with Crippen LogP contribution in [0.2, 0.25) is 0 Å². The Morgan fingerprint density at radius 2 is 1.94 bits per heavy atom. The van der Waals surface area contributed by atoms with Crippen LogP contribution < -0.4 is 5.32 Å². The van der Waals surface area contributed by atoms with Gasteiger partial charge in [0.1, 0.15) is 6.17 Å². The van der Waals surface area contributed by atoms with Gasteiger partial charge in [0, 0.05) is 28.4 Å². The van der Waals surface area contributed by atoms with Crippen molar-refractivity contribution in [1.82, 2.24) is 15.3 Å². The zero-order valence-electron chi connectivity index (χ0n) is 19.1. The molecular formula is C25H32FN3O2. The third-order valence-corrected chi connectivity index (χ3v) is 5.74. The Hall–Kier alpha value is -2.73. The Labute approximate surface area is 183 Å². The number of aryl methyl sites for hydroxylation is 1. The summed E-state index contributed by atoms with van der Waals surface area (Å²) in [5, 5.41) is 13.4. The maximum atomic E-state index is 14.0. The van der Waals surface area contributed by atoms with Gasteiger partial charge in [0.2, 0.25) is 5.91 Å². The molecule has 0 spiro atoms. The van der Waals surface area contributed by atoms with Crippen LogP contribution in [0, 0.1) is 6.92 Å². The van der Waals surface area contributed by atoms with E-state index in [9.17, 15) is 14.3 Å². The van der Waals surface area contributed by atoms with Crippen LogP contribution in [0.25, 0.3) is 22.2 Å². The zero-order valence-corrected chi connectivity index (χ0v) is 19.1. The number of carbonyl (C=O) groups is 1. The van der Waals surface area contributed by atoms with Crippen molar-refractivity contribution in [3.8, 4) is 11.3 Å². The van der Waals surface area contributed by atoms with Gasteiger partial charge in [-0.3, -0.25) is 9.78 Å². The van der Waals surface area contributed by atoms with Crippen molar-refractivity contribution in [1.29, 1.82) is 0 Å². The molecule has 5 nitrogen and oxygen atoms in total. The van der Waals surface area contributed by atoms with Crippen LogP contribution in [-0.4, -0.2) is 39.3 Å². The number of aliphatic hydroxyl groups is 1. The molecule has 0 aliphatic heterocycles. The number of aromatic nitrogens is 2. The topological polar surface area (TPSA) is 78.0 Å². The van der Waals surface area contributed by atoms with Gasteiger partial charge in [-0.25, -0.2) is 4.39 Å². The van der Waals surface area contributed by atoms with Gasteiger partial charge >= 0.3 is 0 Å². The van der Waals surface area contributed by atoms with E-state index in [4.69, 9.17) is 0 Å². The van der Waals surface area contributed by atoms with E-state index >= 15 is 0 Å². The first kappa shape index (κ1) is 22.9. The summed E-state index contributed by atoms with van der Waals surface area (Å²) in [6.45, 7) is 10.6. The fourth-order valence-corrected chi connectivity index (χ4v) is 3.77. The molecule has 0 aliphatic carbocycles. The molecule has 0 aliphatic rings. The number of amides is 1. The summed E-state index contributed by atoms with van der Waals surface area (Å²) < 4.78 is 14.0. The largest absolute Gasteiger partial charge is 0.387 e. The van der Waals surface area contributed by atoms with Crippen LogP contribution in [0.4, 0.5) is 4.39 Å². The fraction of sp³-hybridized carbons (Fsp3) is 0.440. The number of nitrogens with zero attached hydrogens (tertiary/aromatic N) is 1. The van der Waals surface area contributed by atoms with Gasteiger partial charge in [0.25, 0.3) is 0 Å². The normalized spacial score (nSPS) is 14.1. The molecule has 2 unspecified atom stereocenters. The Kier molecular flexibility index (Phi) is 6.51. The Balaban J connectivity index is 1.93. The summed E-state index contributed by atoms with van der Waals surface area (Å²) in [6, 6.07) is 10.0. The number of nitrogens with one attached hydrogen (secondary N) is 2. The highest BCUT2D eigenvalue weighted by molar-refractivity contribution is 5.93. The summed E-state index contributed by atoms with van der Waals surface area (Å²) in [7, 11) is 0. The molecule has 0 saturated carbocycles. The molecule has 0 saturated heterocycles. The third-order valence-electron chi connectivity index (χ3n) is 5.74. The van der Waals surface area contributed by atoms with Gasteiger partial charge in [0.05, 0.1) is 23.8 Å². The fourth-order valence-electron chi connectivity index (χ4n) is 3.77. The first-order chi connectivity index (χ1) is 14.5. The average molecular weight is 426 g/mol. The average Bonchev–Trinajstić information content (AvgIpc) is 3.09. The quantitative estimate of drug-likeness (QED) is 0.499. The predicted molar refractivity (Wildman–Crippen MR) is 123 cm³/mol. The monoisotopic (exact) mass is 425 g/mol. The van der Waals surface area contributed by atoms with Crippen LogP contribution in [-0.2, 0) is 4.79 Å². The smallest absolute Gasteiger partial charge is 0.227 e. The van der Waals surface area contributed by atoms with Crippen molar-refractivity contribution in [2.75, 3.05) is 6.54 Å². The van der Waals surface area contributed by atoms with E-state index in [2.05, 4.69) is 35.2 Å². The number of hydrogen-bond donors (Lipinski definition) is 3. The number of halogens is 1. The molecule has 3 rings (SSSR count). The minimum absolute atomic E-state index is 0.220. The molecule has 31 heavy (non-hydrogen) atoms. The van der Waals surface area contributed by atoms with Gasteiger partial charge in [-0.05, 0) is 69.0 Å². The van der Waals surface area contributed by atoms with Crippen molar-refractivity contribution in [2.45, 2.75) is 65.2 Å². The molecule has 2 atom stereocenters. The van der Waals surface area contributed by atoms with Gasteiger partial charge < -0.3 is 15.4 Å². The molecular weight excluding hydrogens is 393 g/mol. The molecule has 6 heteroatoms. The van der Waals surface area contributed by atoms with Crippen molar-refractivity contribution in [3.63, 3.8) is 0 Å². The SMILES string of the molecule is Cc1cc(-c2[nH]c3ccc(C(C)C(=O)NCC(F)C(C)(C)O)cc3c2C(C)C)ccn1. The van der Waals surface area contributed by atoms with Gasteiger partial charge in [0.15, 0.2) is 0 Å². The lowest BCUT2D eigenvalue weighted by molar-refractivity contribution is -0.123. The second-order valence-corrected chi connectivity index (χ2v) is 9.15. The number of fused-ring (bicyclic) bond motifs is 1. The van der Waals surface area contributed by atoms with Gasteiger partial charge in [-0.2, -0.15) is 0 Å². The Bertz CT molecular complexity index is 1080. The molecule has 2 aromatic heterocycles. The third kappa shape index (κ3) is 4.96. The van der Waals surface area contributed by atoms with Crippen molar-refractivity contribution >= 4 is 16.8 Å². The van der Waals surface area contributed by atoms with E-state index in [-0.39, 0.29) is 18.4 Å². The van der Waals surface area contributed by atoms with Crippen LogP contribution in [0.5, 0.6) is 0 Å². The number of carbonyl (C=O) groups excluding carboxylic acids is 1. The molecule has 0 fully saturated rings. The minimum atomic E-state index is -1.53. The number of aromatic amines is 1. The maximum absolute atomic E-state index is 14.0. The molecule has 1 aromatic carbocycles. The van der Waals surface area contributed by atoms with Crippen molar-refractivity contribution in [2.24, 2.45) is 0 Å². The molecule has 1 amide bonds. The predicted octanol–water partition coefficient (Wildman–Crippen LogP) is 4.99. The number of alkyl halides is 1. The van der Waals surface area contributed by atoms with Crippen molar-refractivity contribution < 1.29 is 14.3 Å².